The van der Waals surface area contributed by atoms with Crippen molar-refractivity contribution in [3.8, 4) is 11.3 Å². The van der Waals surface area contributed by atoms with Crippen LogP contribution in [0.4, 0.5) is 10.1 Å². The SMILES string of the molecule is CNC(=O)c1c(-c2ccc(F)cc2)oc2cc(N(C)[S+](C)[O-])c([C@H]3CCCN(C(=O)C4=C/C(=C/N)N(N)C=C4)C3)cc12. The van der Waals surface area contributed by atoms with Crippen LogP contribution in [0.5, 0.6) is 0 Å². The fraction of sp³-hybridized carbons (Fsp3) is 0.267. The molecule has 0 bridgehead atoms. The second kappa shape index (κ2) is 11.9. The molecule has 0 spiro atoms. The Bertz CT molecular complexity index is 1610. The number of anilines is 1. The van der Waals surface area contributed by atoms with E-state index in [2.05, 4.69) is 5.32 Å². The highest BCUT2D eigenvalue weighted by molar-refractivity contribution is 7.92. The van der Waals surface area contributed by atoms with E-state index in [1.54, 1.807) is 59.1 Å². The van der Waals surface area contributed by atoms with E-state index in [-0.39, 0.29) is 17.7 Å². The van der Waals surface area contributed by atoms with Crippen LogP contribution in [0.2, 0.25) is 0 Å². The number of hydrogen-bond acceptors (Lipinski definition) is 8. The van der Waals surface area contributed by atoms with Crippen molar-refractivity contribution in [3.63, 3.8) is 0 Å². The normalized spacial score (nSPS) is 18.8. The number of piperidine rings is 1. The Kier molecular flexibility index (Phi) is 8.30. The zero-order chi connectivity index (χ0) is 30.1. The van der Waals surface area contributed by atoms with Crippen LogP contribution >= 0.6 is 0 Å². The number of benzene rings is 2. The van der Waals surface area contributed by atoms with Gasteiger partial charge in [-0.3, -0.25) is 14.6 Å². The van der Waals surface area contributed by atoms with E-state index in [1.807, 2.05) is 6.07 Å². The van der Waals surface area contributed by atoms with Gasteiger partial charge in [-0.25, -0.2) is 10.2 Å². The van der Waals surface area contributed by atoms with E-state index in [1.165, 1.54) is 30.4 Å². The van der Waals surface area contributed by atoms with Crippen LogP contribution in [0.3, 0.4) is 0 Å². The second-order valence-electron chi connectivity index (χ2n) is 10.2. The summed E-state index contributed by atoms with van der Waals surface area (Å²) in [7, 11) is 3.26. The number of rotatable bonds is 6. The van der Waals surface area contributed by atoms with Gasteiger partial charge in [-0.2, -0.15) is 4.31 Å². The number of hydrazine groups is 1. The van der Waals surface area contributed by atoms with Crippen LogP contribution in [0.15, 0.2) is 76.6 Å². The Balaban J connectivity index is 1.59. The zero-order valence-electron chi connectivity index (χ0n) is 23.6. The zero-order valence-corrected chi connectivity index (χ0v) is 24.4. The van der Waals surface area contributed by atoms with Crippen molar-refractivity contribution in [2.45, 2.75) is 18.8 Å². The number of likely N-dealkylation sites (tertiary alicyclic amines) is 1. The Hall–Kier alpha value is -4.26. The third-order valence-corrected chi connectivity index (χ3v) is 8.67. The Morgan fingerprint density at radius 1 is 1.26 bits per heavy atom. The number of nitrogens with one attached hydrogen (secondary N) is 1. The highest BCUT2D eigenvalue weighted by Crippen LogP contribution is 2.42. The van der Waals surface area contributed by atoms with Gasteiger partial charge in [0.2, 0.25) is 0 Å². The fourth-order valence-electron chi connectivity index (χ4n) is 5.44. The molecule has 5 N–H and O–H groups in total. The molecule has 1 unspecified atom stereocenters. The molecule has 2 amide bonds. The van der Waals surface area contributed by atoms with Gasteiger partial charge in [-0.1, -0.05) is 0 Å². The molecule has 3 heterocycles. The lowest BCUT2D eigenvalue weighted by Crippen LogP contribution is -2.41. The number of hydrogen-bond donors (Lipinski definition) is 3. The third kappa shape index (κ3) is 5.48. The van der Waals surface area contributed by atoms with Gasteiger partial charge in [0.05, 0.1) is 35.4 Å². The smallest absolute Gasteiger partial charge is 0.255 e. The Morgan fingerprint density at radius 2 is 2.00 bits per heavy atom. The first-order valence-electron chi connectivity index (χ1n) is 13.4. The number of fused-ring (bicyclic) bond motifs is 1. The van der Waals surface area contributed by atoms with Gasteiger partial charge in [0.1, 0.15) is 23.4 Å². The molecule has 0 aliphatic carbocycles. The summed E-state index contributed by atoms with van der Waals surface area (Å²) < 4.78 is 34.2. The van der Waals surface area contributed by atoms with Gasteiger partial charge < -0.3 is 24.9 Å². The summed E-state index contributed by atoms with van der Waals surface area (Å²) in [5, 5.41) is 4.60. The topological polar surface area (TPSA) is 144 Å². The van der Waals surface area contributed by atoms with Crippen molar-refractivity contribution in [3.05, 3.63) is 89.2 Å². The molecule has 0 radical (unpaired) electrons. The molecular formula is C30H33FN6O4S. The number of amides is 2. The Morgan fingerprint density at radius 3 is 2.67 bits per heavy atom. The molecule has 5 rings (SSSR count). The van der Waals surface area contributed by atoms with E-state index in [4.69, 9.17) is 16.0 Å². The standard InChI is InChI=1S/C30H33FN6O4S/c1-34-29(38)27-24-14-23(20-5-4-11-36(17-20)30(39)19-10-12-37(33)22(13-19)16-32)25(35(2)42(3)40)15-26(24)41-28(27)18-6-8-21(31)9-7-18/h6-10,12-16,20H,4-5,11,17,32-33H2,1-3H3,(H,34,38)/b22-16-/t20-,42?/m0/s1. The number of halogens is 1. The molecule has 3 aromatic rings. The summed E-state index contributed by atoms with van der Waals surface area (Å²) >= 11 is -1.36. The van der Waals surface area contributed by atoms with Gasteiger partial charge in [0.25, 0.3) is 11.8 Å². The highest BCUT2D eigenvalue weighted by atomic mass is 32.2. The molecule has 1 saturated heterocycles. The van der Waals surface area contributed by atoms with Crippen LogP contribution in [-0.4, -0.2) is 59.7 Å². The number of nitrogens with two attached hydrogens (primary N) is 2. The van der Waals surface area contributed by atoms with Gasteiger partial charge in [0, 0.05) is 61.0 Å². The summed E-state index contributed by atoms with van der Waals surface area (Å²) in [6.07, 6.45) is 9.34. The van der Waals surface area contributed by atoms with Gasteiger partial charge >= 0.3 is 0 Å². The first-order chi connectivity index (χ1) is 20.1. The van der Waals surface area contributed by atoms with E-state index < -0.39 is 17.2 Å². The minimum absolute atomic E-state index is 0.112. The van der Waals surface area contributed by atoms with Gasteiger partial charge in [-0.15, -0.1) is 0 Å². The summed E-state index contributed by atoms with van der Waals surface area (Å²) in [4.78, 5) is 28.5. The van der Waals surface area contributed by atoms with Gasteiger partial charge in [-0.05, 0) is 60.9 Å². The summed E-state index contributed by atoms with van der Waals surface area (Å²) in [6, 6.07) is 9.42. The van der Waals surface area contributed by atoms with Gasteiger partial charge in [0.15, 0.2) is 0 Å². The maximum absolute atomic E-state index is 13.7. The first kappa shape index (κ1) is 29.2. The summed E-state index contributed by atoms with van der Waals surface area (Å²) in [6.45, 7) is 0.990. The van der Waals surface area contributed by atoms with Crippen LogP contribution in [0.1, 0.15) is 34.7 Å². The Labute approximate surface area is 246 Å². The van der Waals surface area contributed by atoms with Crippen molar-refractivity contribution in [1.29, 1.82) is 0 Å². The maximum Gasteiger partial charge on any atom is 0.255 e. The van der Waals surface area contributed by atoms with Crippen LogP contribution < -0.4 is 21.2 Å². The van der Waals surface area contributed by atoms with Crippen LogP contribution in [0, 0.1) is 5.82 Å². The fourth-order valence-corrected chi connectivity index (χ4v) is 5.87. The molecule has 1 fully saturated rings. The van der Waals surface area contributed by atoms with E-state index >= 15 is 0 Å². The van der Waals surface area contributed by atoms with Crippen molar-refractivity contribution in [2.75, 3.05) is 37.7 Å². The van der Waals surface area contributed by atoms with Crippen LogP contribution in [-0.2, 0) is 16.2 Å². The van der Waals surface area contributed by atoms with Crippen molar-refractivity contribution in [1.82, 2.24) is 15.2 Å². The molecule has 2 aliphatic rings. The number of carbonyl (C=O) groups is 2. The molecular weight excluding hydrogens is 559 g/mol. The van der Waals surface area contributed by atoms with Crippen LogP contribution in [0.25, 0.3) is 22.3 Å². The summed E-state index contributed by atoms with van der Waals surface area (Å²) in [5.74, 6) is 5.17. The molecule has 12 heteroatoms. The predicted octanol–water partition coefficient (Wildman–Crippen LogP) is 3.46. The van der Waals surface area contributed by atoms with Crippen molar-refractivity contribution in [2.24, 2.45) is 11.6 Å². The lowest BCUT2D eigenvalue weighted by Gasteiger charge is -2.35. The van der Waals surface area contributed by atoms with Crippen molar-refractivity contribution < 1.29 is 22.9 Å². The number of carbonyl (C=O) groups excluding carboxylic acids is 2. The number of furan rings is 1. The lowest BCUT2D eigenvalue weighted by molar-refractivity contribution is -0.128. The predicted molar refractivity (Wildman–Crippen MR) is 162 cm³/mol. The highest BCUT2D eigenvalue weighted by Gasteiger charge is 2.32. The number of allylic oxidation sites excluding steroid dienone is 1. The molecule has 1 aromatic heterocycles. The molecule has 0 saturated carbocycles. The minimum Gasteiger partial charge on any atom is -0.593 e. The van der Waals surface area contributed by atoms with E-state index in [9.17, 15) is 18.5 Å². The molecule has 2 aromatic carbocycles. The van der Waals surface area contributed by atoms with E-state index in [0.29, 0.717) is 57.9 Å². The maximum atomic E-state index is 13.7. The quantitative estimate of drug-likeness (QED) is 0.292. The molecule has 2 atom stereocenters. The third-order valence-electron chi connectivity index (χ3n) is 7.71. The second-order valence-corrected chi connectivity index (χ2v) is 11.6. The minimum atomic E-state index is -1.36. The van der Waals surface area contributed by atoms with Crippen molar-refractivity contribution >= 4 is 39.8 Å². The molecule has 10 nitrogen and oxygen atoms in total. The molecule has 220 valence electrons. The monoisotopic (exact) mass is 592 g/mol. The number of nitrogens with zero attached hydrogens (tertiary/aromatic N) is 3. The summed E-state index contributed by atoms with van der Waals surface area (Å²) in [5.41, 5.74) is 9.46. The molecule has 2 aliphatic heterocycles. The van der Waals surface area contributed by atoms with E-state index in [0.717, 1.165) is 18.4 Å². The lowest BCUT2D eigenvalue weighted by atomic mass is 9.87. The molecule has 42 heavy (non-hydrogen) atoms. The average molecular weight is 593 g/mol. The largest absolute Gasteiger partial charge is 0.593 e. The average Bonchev–Trinajstić information content (AvgIpc) is 3.38. The first-order valence-corrected chi connectivity index (χ1v) is 14.9.